The Morgan fingerprint density at radius 2 is 1.59 bits per heavy atom. The summed E-state index contributed by atoms with van der Waals surface area (Å²) in [5.74, 6) is 0.207. The van der Waals surface area contributed by atoms with Gasteiger partial charge in [-0.25, -0.2) is 0 Å². The second-order valence-electron chi connectivity index (χ2n) is 5.45. The number of nitro groups is 1. The summed E-state index contributed by atoms with van der Waals surface area (Å²) in [6, 6.07) is 15.0. The smallest absolute Gasteiger partial charge is 0.310 e. The quantitative estimate of drug-likeness (QED) is 0.604. The summed E-state index contributed by atoms with van der Waals surface area (Å²) in [6.45, 7) is 4.23. The van der Waals surface area contributed by atoms with Crippen molar-refractivity contribution in [3.63, 3.8) is 0 Å². The van der Waals surface area contributed by atoms with Gasteiger partial charge in [0.2, 0.25) is 0 Å². The minimum atomic E-state index is -0.533. The van der Waals surface area contributed by atoms with Crippen LogP contribution in [0.3, 0.4) is 0 Å². The van der Waals surface area contributed by atoms with Crippen LogP contribution in [-0.2, 0) is 0 Å². The van der Waals surface area contributed by atoms with Gasteiger partial charge in [0.05, 0.1) is 4.92 Å². The molecule has 2 rings (SSSR count). The average molecular weight is 299 g/mol. The maximum atomic E-state index is 11.0. The van der Waals surface area contributed by atoms with Gasteiger partial charge in [-0.1, -0.05) is 50.2 Å². The highest BCUT2D eigenvalue weighted by molar-refractivity contribution is 5.49. The number of benzene rings is 2. The molecule has 0 radical (unpaired) electrons. The number of rotatable bonds is 6. The molecule has 2 aromatic carbocycles. The van der Waals surface area contributed by atoms with Crippen LogP contribution in [0.5, 0.6) is 5.75 Å². The molecule has 0 bridgehead atoms. The zero-order valence-electron chi connectivity index (χ0n) is 12.9. The molecule has 0 unspecified atom stereocenters. The highest BCUT2D eigenvalue weighted by atomic mass is 16.6. The van der Waals surface area contributed by atoms with Crippen LogP contribution in [0.4, 0.5) is 5.69 Å². The third kappa shape index (κ3) is 3.27. The van der Waals surface area contributed by atoms with E-state index in [0.29, 0.717) is 5.92 Å². The average Bonchev–Trinajstić information content (AvgIpc) is 2.53. The first-order valence-electron chi connectivity index (χ1n) is 7.60. The molecule has 2 atom stereocenters. The summed E-state index contributed by atoms with van der Waals surface area (Å²) in [6.07, 6.45) is 1.84. The second-order valence-corrected chi connectivity index (χ2v) is 5.45. The molecule has 0 amide bonds. The Morgan fingerprint density at radius 1 is 1.00 bits per heavy atom. The maximum absolute atomic E-state index is 11.0. The van der Waals surface area contributed by atoms with Gasteiger partial charge in [0.1, 0.15) is 0 Å². The molecule has 22 heavy (non-hydrogen) atoms. The first-order valence-corrected chi connectivity index (χ1v) is 7.60. The van der Waals surface area contributed by atoms with Crippen molar-refractivity contribution < 1.29 is 10.0 Å². The van der Waals surface area contributed by atoms with E-state index < -0.39 is 4.92 Å². The van der Waals surface area contributed by atoms with Crippen molar-refractivity contribution in [2.75, 3.05) is 0 Å². The van der Waals surface area contributed by atoms with E-state index in [1.54, 1.807) is 6.07 Å². The van der Waals surface area contributed by atoms with E-state index in [0.717, 1.165) is 18.4 Å². The van der Waals surface area contributed by atoms with Crippen molar-refractivity contribution >= 4 is 5.69 Å². The molecule has 0 aliphatic heterocycles. The van der Waals surface area contributed by atoms with E-state index in [2.05, 4.69) is 26.0 Å². The number of hydrogen-bond donors (Lipinski definition) is 1. The fraction of sp³-hybridized carbons (Fsp3) is 0.333. The molecule has 0 aliphatic rings. The minimum Gasteiger partial charge on any atom is -0.502 e. The van der Waals surface area contributed by atoms with E-state index >= 15 is 0 Å². The third-order valence-corrected chi connectivity index (χ3v) is 4.22. The Hall–Kier alpha value is -2.36. The summed E-state index contributed by atoms with van der Waals surface area (Å²) in [5, 5.41) is 20.7. The molecule has 0 saturated heterocycles. The van der Waals surface area contributed by atoms with Gasteiger partial charge in [-0.3, -0.25) is 10.1 Å². The predicted molar refractivity (Wildman–Crippen MR) is 87.3 cm³/mol. The van der Waals surface area contributed by atoms with Crippen LogP contribution >= 0.6 is 0 Å². The normalized spacial score (nSPS) is 13.5. The first kappa shape index (κ1) is 16.0. The summed E-state index contributed by atoms with van der Waals surface area (Å²) >= 11 is 0. The van der Waals surface area contributed by atoms with Gasteiger partial charge >= 0.3 is 5.69 Å². The highest BCUT2D eigenvalue weighted by Crippen LogP contribution is 2.40. The summed E-state index contributed by atoms with van der Waals surface area (Å²) < 4.78 is 0. The van der Waals surface area contributed by atoms with Crippen LogP contribution in [0.25, 0.3) is 0 Å². The number of phenolic OH excluding ortho intramolecular Hbond substituents is 1. The van der Waals surface area contributed by atoms with Gasteiger partial charge in [0.25, 0.3) is 0 Å². The van der Waals surface area contributed by atoms with Crippen LogP contribution in [0, 0.1) is 10.1 Å². The van der Waals surface area contributed by atoms with Crippen molar-refractivity contribution in [2.24, 2.45) is 0 Å². The summed E-state index contributed by atoms with van der Waals surface area (Å²) in [4.78, 5) is 10.5. The van der Waals surface area contributed by atoms with Crippen molar-refractivity contribution in [3.8, 4) is 5.75 Å². The third-order valence-electron chi connectivity index (χ3n) is 4.22. The number of nitrogens with zero attached hydrogens (tertiary/aromatic N) is 1. The van der Waals surface area contributed by atoms with Gasteiger partial charge in [0, 0.05) is 6.07 Å². The molecule has 1 N–H and O–H groups in total. The molecule has 0 saturated carbocycles. The Bertz CT molecular complexity index is 640. The Kier molecular flexibility index (Phi) is 5.15. The number of nitro benzene ring substituents is 1. The molecule has 0 fully saturated rings. The molecule has 116 valence electrons. The molecule has 0 aliphatic carbocycles. The zero-order chi connectivity index (χ0) is 16.1. The monoisotopic (exact) mass is 299 g/mol. The lowest BCUT2D eigenvalue weighted by Crippen LogP contribution is -2.10. The molecular weight excluding hydrogens is 278 g/mol. The van der Waals surface area contributed by atoms with Crippen LogP contribution in [0.2, 0.25) is 0 Å². The predicted octanol–water partition coefficient (Wildman–Crippen LogP) is 4.99. The minimum absolute atomic E-state index is 0.187. The molecular formula is C18H21NO3. The van der Waals surface area contributed by atoms with Crippen LogP contribution < -0.4 is 0 Å². The van der Waals surface area contributed by atoms with Crippen molar-refractivity contribution in [1.29, 1.82) is 0 Å². The van der Waals surface area contributed by atoms with E-state index in [1.165, 1.54) is 17.7 Å². The highest BCUT2D eigenvalue weighted by Gasteiger charge is 2.24. The molecule has 4 heteroatoms. The van der Waals surface area contributed by atoms with Gasteiger partial charge in [0.15, 0.2) is 5.75 Å². The second kappa shape index (κ2) is 7.07. The number of aromatic hydroxyl groups is 1. The van der Waals surface area contributed by atoms with Gasteiger partial charge in [-0.15, -0.1) is 0 Å². The van der Waals surface area contributed by atoms with Crippen molar-refractivity contribution in [2.45, 2.75) is 38.5 Å². The lowest BCUT2D eigenvalue weighted by molar-refractivity contribution is -0.385. The van der Waals surface area contributed by atoms with Crippen LogP contribution in [-0.4, -0.2) is 10.0 Å². The van der Waals surface area contributed by atoms with E-state index in [9.17, 15) is 15.2 Å². The van der Waals surface area contributed by atoms with E-state index in [1.807, 2.05) is 18.2 Å². The molecule has 4 nitrogen and oxygen atoms in total. The Morgan fingerprint density at radius 3 is 2.14 bits per heavy atom. The van der Waals surface area contributed by atoms with Gasteiger partial charge in [-0.05, 0) is 41.9 Å². The van der Waals surface area contributed by atoms with Crippen LogP contribution in [0.1, 0.15) is 49.7 Å². The summed E-state index contributed by atoms with van der Waals surface area (Å²) in [7, 11) is 0. The largest absolute Gasteiger partial charge is 0.502 e. The molecule has 0 aromatic heterocycles. The number of phenols is 1. The Balaban J connectivity index is 2.42. The zero-order valence-corrected chi connectivity index (χ0v) is 12.9. The molecule has 2 aromatic rings. The maximum Gasteiger partial charge on any atom is 0.310 e. The van der Waals surface area contributed by atoms with Crippen LogP contribution in [0.15, 0.2) is 48.5 Å². The lowest BCUT2D eigenvalue weighted by atomic mass is 9.78. The SMILES string of the molecule is CC[C@H](c1ccccc1)[C@@H](CC)c1ccc(O)c([N+](=O)[O-])c1. The fourth-order valence-electron chi connectivity index (χ4n) is 3.12. The summed E-state index contributed by atoms with van der Waals surface area (Å²) in [5.41, 5.74) is 1.93. The lowest BCUT2D eigenvalue weighted by Gasteiger charge is -2.26. The van der Waals surface area contributed by atoms with Gasteiger partial charge in [-0.2, -0.15) is 0 Å². The first-order chi connectivity index (χ1) is 10.6. The standard InChI is InChI=1S/C18H21NO3/c1-3-15(13-8-6-5-7-9-13)16(4-2)14-10-11-18(20)17(12-14)19(21)22/h5-12,15-16,20H,3-4H2,1-2H3/t15-,16+/m1/s1. The van der Waals surface area contributed by atoms with E-state index in [-0.39, 0.29) is 17.4 Å². The number of hydrogen-bond acceptors (Lipinski definition) is 3. The molecule has 0 heterocycles. The molecule has 0 spiro atoms. The van der Waals surface area contributed by atoms with Crippen molar-refractivity contribution in [1.82, 2.24) is 0 Å². The van der Waals surface area contributed by atoms with E-state index in [4.69, 9.17) is 0 Å². The van der Waals surface area contributed by atoms with Gasteiger partial charge < -0.3 is 5.11 Å². The topological polar surface area (TPSA) is 63.4 Å². The van der Waals surface area contributed by atoms with Crippen molar-refractivity contribution in [3.05, 3.63) is 69.8 Å². The fourth-order valence-corrected chi connectivity index (χ4v) is 3.12. The Labute approximate surface area is 130 Å².